The fourth-order valence-electron chi connectivity index (χ4n) is 4.45. The first-order valence-electron chi connectivity index (χ1n) is 8.13. The molecule has 4 atom stereocenters. The molecule has 0 aromatic heterocycles. The van der Waals surface area contributed by atoms with Crippen LogP contribution in [0.2, 0.25) is 0 Å². The summed E-state index contributed by atoms with van der Waals surface area (Å²) in [5.74, 6) is 2.25. The molecule has 2 aromatic carbocycles. The summed E-state index contributed by atoms with van der Waals surface area (Å²) in [6.07, 6.45) is 3.58. The Hall–Kier alpha value is -1.60. The third kappa shape index (κ3) is 2.30. The molecular formula is C20H23N. The highest BCUT2D eigenvalue weighted by Crippen LogP contribution is 2.61. The van der Waals surface area contributed by atoms with E-state index in [4.69, 9.17) is 5.73 Å². The van der Waals surface area contributed by atoms with Gasteiger partial charge in [0.05, 0.1) is 0 Å². The molecule has 1 heteroatoms. The van der Waals surface area contributed by atoms with Crippen LogP contribution in [0.4, 0.5) is 0 Å². The van der Waals surface area contributed by atoms with Gasteiger partial charge >= 0.3 is 0 Å². The standard InChI is InChI=1S/C20H23N/c1-13-5-4-6-14(11-13)12-18(21)20-17-10-9-15-7-2-3-8-16(15)19(17)20/h2-8,11,17-20H,9-10,12,21H2,1H3. The molecule has 0 heterocycles. The predicted molar refractivity (Wildman–Crippen MR) is 87.3 cm³/mol. The topological polar surface area (TPSA) is 26.0 Å². The van der Waals surface area contributed by atoms with Crippen LogP contribution >= 0.6 is 0 Å². The van der Waals surface area contributed by atoms with E-state index in [1.54, 1.807) is 11.1 Å². The Balaban J connectivity index is 1.52. The first-order valence-corrected chi connectivity index (χ1v) is 8.13. The van der Waals surface area contributed by atoms with E-state index in [9.17, 15) is 0 Å². The lowest BCUT2D eigenvalue weighted by Crippen LogP contribution is -2.26. The summed E-state index contributed by atoms with van der Waals surface area (Å²) in [5, 5.41) is 0. The van der Waals surface area contributed by atoms with Gasteiger partial charge in [-0.15, -0.1) is 0 Å². The van der Waals surface area contributed by atoms with Crippen molar-refractivity contribution in [3.8, 4) is 0 Å². The van der Waals surface area contributed by atoms with E-state index >= 15 is 0 Å². The highest BCUT2D eigenvalue weighted by atomic mass is 14.7. The molecule has 4 rings (SSSR count). The lowest BCUT2D eigenvalue weighted by molar-refractivity contribution is 0.532. The van der Waals surface area contributed by atoms with Crippen molar-refractivity contribution in [2.24, 2.45) is 17.6 Å². The lowest BCUT2D eigenvalue weighted by atomic mass is 9.92. The molecule has 21 heavy (non-hydrogen) atoms. The Morgan fingerprint density at radius 2 is 2.00 bits per heavy atom. The molecule has 0 spiro atoms. The zero-order valence-electron chi connectivity index (χ0n) is 12.6. The van der Waals surface area contributed by atoms with E-state index in [0.29, 0.717) is 12.0 Å². The van der Waals surface area contributed by atoms with Crippen molar-refractivity contribution in [3.63, 3.8) is 0 Å². The van der Waals surface area contributed by atoms with Crippen LogP contribution in [0.25, 0.3) is 0 Å². The third-order valence-corrected chi connectivity index (χ3v) is 5.44. The second-order valence-corrected chi connectivity index (χ2v) is 6.86. The van der Waals surface area contributed by atoms with Crippen LogP contribution in [-0.4, -0.2) is 6.04 Å². The molecule has 2 aromatic rings. The molecule has 0 amide bonds. The van der Waals surface area contributed by atoms with Gasteiger partial charge in [-0.3, -0.25) is 0 Å². The van der Waals surface area contributed by atoms with Gasteiger partial charge in [0.1, 0.15) is 0 Å². The quantitative estimate of drug-likeness (QED) is 0.906. The largest absolute Gasteiger partial charge is 0.327 e. The van der Waals surface area contributed by atoms with Gasteiger partial charge in [0.25, 0.3) is 0 Å². The zero-order valence-corrected chi connectivity index (χ0v) is 12.6. The Bertz CT molecular complexity index is 660. The summed E-state index contributed by atoms with van der Waals surface area (Å²) in [7, 11) is 0. The number of hydrogen-bond donors (Lipinski definition) is 1. The summed E-state index contributed by atoms with van der Waals surface area (Å²) < 4.78 is 0. The number of hydrogen-bond acceptors (Lipinski definition) is 1. The van der Waals surface area contributed by atoms with Gasteiger partial charge in [-0.1, -0.05) is 54.1 Å². The van der Waals surface area contributed by atoms with Crippen LogP contribution in [0, 0.1) is 18.8 Å². The van der Waals surface area contributed by atoms with Crippen LogP contribution in [0.15, 0.2) is 48.5 Å². The van der Waals surface area contributed by atoms with Gasteiger partial charge in [-0.25, -0.2) is 0 Å². The molecule has 0 aliphatic heterocycles. The Morgan fingerprint density at radius 3 is 2.86 bits per heavy atom. The fourth-order valence-corrected chi connectivity index (χ4v) is 4.45. The minimum absolute atomic E-state index is 0.299. The molecule has 2 aliphatic carbocycles. The molecule has 0 bridgehead atoms. The summed E-state index contributed by atoms with van der Waals surface area (Å²) in [5.41, 5.74) is 12.4. The third-order valence-electron chi connectivity index (χ3n) is 5.44. The van der Waals surface area contributed by atoms with Crippen molar-refractivity contribution < 1.29 is 0 Å². The molecule has 4 unspecified atom stereocenters. The number of benzene rings is 2. The highest BCUT2D eigenvalue weighted by molar-refractivity contribution is 5.40. The first kappa shape index (κ1) is 13.1. The van der Waals surface area contributed by atoms with Gasteiger partial charge in [0, 0.05) is 6.04 Å². The minimum Gasteiger partial charge on any atom is -0.327 e. The first-order chi connectivity index (χ1) is 10.2. The van der Waals surface area contributed by atoms with Gasteiger partial charge in [-0.05, 0) is 60.6 Å². The summed E-state index contributed by atoms with van der Waals surface area (Å²) in [6.45, 7) is 2.15. The molecular weight excluding hydrogens is 254 g/mol. The molecule has 0 saturated heterocycles. The van der Waals surface area contributed by atoms with Crippen molar-refractivity contribution in [1.29, 1.82) is 0 Å². The summed E-state index contributed by atoms with van der Waals surface area (Å²) in [4.78, 5) is 0. The minimum atomic E-state index is 0.299. The van der Waals surface area contributed by atoms with Crippen molar-refractivity contribution in [1.82, 2.24) is 0 Å². The van der Waals surface area contributed by atoms with Gasteiger partial charge in [0.15, 0.2) is 0 Å². The van der Waals surface area contributed by atoms with Crippen LogP contribution in [-0.2, 0) is 12.8 Å². The average molecular weight is 277 g/mol. The highest BCUT2D eigenvalue weighted by Gasteiger charge is 2.55. The zero-order chi connectivity index (χ0) is 14.4. The predicted octanol–water partition coefficient (Wildman–Crippen LogP) is 3.84. The molecule has 2 N–H and O–H groups in total. The van der Waals surface area contributed by atoms with Gasteiger partial charge in [0.2, 0.25) is 0 Å². The van der Waals surface area contributed by atoms with Crippen molar-refractivity contribution in [2.75, 3.05) is 0 Å². The van der Waals surface area contributed by atoms with Gasteiger partial charge in [-0.2, -0.15) is 0 Å². The number of aryl methyl sites for hydroxylation is 2. The average Bonchev–Trinajstić information content (AvgIpc) is 3.22. The van der Waals surface area contributed by atoms with Crippen LogP contribution in [0.1, 0.15) is 34.6 Å². The monoisotopic (exact) mass is 277 g/mol. The smallest absolute Gasteiger partial charge is 0.0117 e. The Morgan fingerprint density at radius 1 is 1.14 bits per heavy atom. The van der Waals surface area contributed by atoms with Crippen molar-refractivity contribution in [2.45, 2.75) is 38.1 Å². The second-order valence-electron chi connectivity index (χ2n) is 6.86. The van der Waals surface area contributed by atoms with Crippen molar-refractivity contribution in [3.05, 3.63) is 70.8 Å². The lowest BCUT2D eigenvalue weighted by Gasteiger charge is -2.14. The molecule has 1 fully saturated rings. The maximum absolute atomic E-state index is 6.58. The normalized spacial score (nSPS) is 27.6. The SMILES string of the molecule is Cc1cccc(CC(N)C2C3CCc4ccccc4C32)c1. The van der Waals surface area contributed by atoms with E-state index in [0.717, 1.165) is 18.3 Å². The van der Waals surface area contributed by atoms with Crippen LogP contribution in [0.5, 0.6) is 0 Å². The number of nitrogens with two attached hydrogens (primary N) is 1. The maximum atomic E-state index is 6.58. The van der Waals surface area contributed by atoms with E-state index in [1.165, 1.54) is 24.0 Å². The maximum Gasteiger partial charge on any atom is 0.0117 e. The Kier molecular flexibility index (Phi) is 3.11. The molecule has 2 aliphatic rings. The van der Waals surface area contributed by atoms with Crippen LogP contribution in [0.3, 0.4) is 0 Å². The van der Waals surface area contributed by atoms with Gasteiger partial charge < -0.3 is 5.73 Å². The van der Waals surface area contributed by atoms with E-state index in [-0.39, 0.29) is 0 Å². The molecule has 1 saturated carbocycles. The summed E-state index contributed by atoms with van der Waals surface area (Å²) >= 11 is 0. The molecule has 108 valence electrons. The summed E-state index contributed by atoms with van der Waals surface area (Å²) in [6, 6.07) is 18.1. The number of fused-ring (bicyclic) bond motifs is 3. The fraction of sp³-hybridized carbons (Fsp3) is 0.400. The van der Waals surface area contributed by atoms with E-state index < -0.39 is 0 Å². The van der Waals surface area contributed by atoms with E-state index in [2.05, 4.69) is 55.5 Å². The van der Waals surface area contributed by atoms with E-state index in [1.807, 2.05) is 0 Å². The number of rotatable bonds is 3. The molecule has 1 nitrogen and oxygen atoms in total. The second kappa shape index (κ2) is 4.99. The van der Waals surface area contributed by atoms with Crippen LogP contribution < -0.4 is 5.73 Å². The Labute approximate surface area is 127 Å². The molecule has 0 radical (unpaired) electrons. The van der Waals surface area contributed by atoms with Crippen molar-refractivity contribution >= 4 is 0 Å².